The predicted molar refractivity (Wildman–Crippen MR) is 41.2 cm³/mol. The topological polar surface area (TPSA) is 35.1 Å². The molecule has 0 radical (unpaired) electrons. The molecule has 0 aliphatic carbocycles. The Hall–Kier alpha value is -0.150. The largest absolute Gasteiger partial charge is 0.593 e. The van der Waals surface area contributed by atoms with Gasteiger partial charge in [0.05, 0.1) is 11.4 Å². The van der Waals surface area contributed by atoms with Gasteiger partial charge in [-0.15, -0.1) is 0 Å². The molecular weight excluding hydrogens is 134 g/mol. The Morgan fingerprint density at radius 1 is 1.67 bits per heavy atom. The fourth-order valence-electron chi connectivity index (χ4n) is 0.290. The molecule has 0 aliphatic rings. The van der Waals surface area contributed by atoms with Crippen molar-refractivity contribution in [3.8, 4) is 0 Å². The van der Waals surface area contributed by atoms with E-state index >= 15 is 0 Å². The van der Waals surface area contributed by atoms with Gasteiger partial charge in [-0.25, -0.2) is 4.72 Å². The van der Waals surface area contributed by atoms with E-state index in [4.69, 9.17) is 0 Å². The van der Waals surface area contributed by atoms with Gasteiger partial charge in [0.15, 0.2) is 0 Å². The van der Waals surface area contributed by atoms with Gasteiger partial charge in [-0.05, 0) is 20.8 Å². The average molecular weight is 147 g/mol. The lowest BCUT2D eigenvalue weighted by Gasteiger charge is -2.14. The fourth-order valence-corrected chi connectivity index (χ4v) is 0.869. The summed E-state index contributed by atoms with van der Waals surface area (Å²) in [5.41, 5.74) is 0.752. The van der Waals surface area contributed by atoms with Crippen LogP contribution in [0.15, 0.2) is 12.3 Å². The van der Waals surface area contributed by atoms with Crippen molar-refractivity contribution < 1.29 is 4.55 Å². The Balaban J connectivity index is 3.50. The number of allylic oxidation sites excluding steroid dienone is 1. The van der Waals surface area contributed by atoms with E-state index in [-0.39, 0.29) is 5.25 Å². The number of hydrogen-bond donors (Lipinski definition) is 1. The summed E-state index contributed by atoms with van der Waals surface area (Å²) >= 11 is -0.951. The van der Waals surface area contributed by atoms with Crippen LogP contribution in [0.2, 0.25) is 0 Å². The normalized spacial score (nSPS) is 13.4. The minimum Gasteiger partial charge on any atom is -0.593 e. The van der Waals surface area contributed by atoms with Crippen molar-refractivity contribution in [2.45, 2.75) is 26.0 Å². The zero-order valence-corrected chi connectivity index (χ0v) is 6.92. The van der Waals surface area contributed by atoms with Crippen LogP contribution in [0.25, 0.3) is 0 Å². The molecule has 0 aromatic heterocycles. The molecule has 0 heterocycles. The molecule has 54 valence electrons. The van der Waals surface area contributed by atoms with Gasteiger partial charge in [0.2, 0.25) is 0 Å². The number of nitrogens with one attached hydrogen (secondary N) is 1. The monoisotopic (exact) mass is 147 g/mol. The smallest absolute Gasteiger partial charge is 0.135 e. The van der Waals surface area contributed by atoms with Gasteiger partial charge in [0, 0.05) is 5.70 Å². The zero-order valence-electron chi connectivity index (χ0n) is 6.10. The van der Waals surface area contributed by atoms with Crippen LogP contribution in [0, 0.1) is 0 Å². The van der Waals surface area contributed by atoms with Gasteiger partial charge < -0.3 is 4.55 Å². The van der Waals surface area contributed by atoms with Crippen LogP contribution in [-0.2, 0) is 11.4 Å². The molecule has 3 heteroatoms. The first-order chi connectivity index (χ1) is 4.04. The van der Waals surface area contributed by atoms with Crippen LogP contribution in [0.3, 0.4) is 0 Å². The van der Waals surface area contributed by atoms with Gasteiger partial charge in [0.25, 0.3) is 0 Å². The van der Waals surface area contributed by atoms with Gasteiger partial charge in [0.1, 0.15) is 5.25 Å². The number of rotatable bonds is 3. The van der Waals surface area contributed by atoms with E-state index in [2.05, 4.69) is 11.3 Å². The first-order valence-electron chi connectivity index (χ1n) is 2.86. The van der Waals surface area contributed by atoms with Gasteiger partial charge in [-0.3, -0.25) is 0 Å². The van der Waals surface area contributed by atoms with Gasteiger partial charge in [-0.1, -0.05) is 6.58 Å². The Morgan fingerprint density at radius 3 is 2.22 bits per heavy atom. The van der Waals surface area contributed by atoms with E-state index in [1.54, 1.807) is 6.92 Å². The Labute approximate surface area is 59.7 Å². The minimum atomic E-state index is -0.951. The molecule has 2 nitrogen and oxygen atoms in total. The molecule has 0 spiro atoms. The second-order valence-corrected chi connectivity index (χ2v) is 3.97. The van der Waals surface area contributed by atoms with Crippen LogP contribution in [-0.4, -0.2) is 9.80 Å². The highest BCUT2D eigenvalue weighted by molar-refractivity contribution is 7.90. The zero-order chi connectivity index (χ0) is 7.44. The summed E-state index contributed by atoms with van der Waals surface area (Å²) < 4.78 is 13.6. The van der Waals surface area contributed by atoms with Crippen molar-refractivity contribution in [1.82, 2.24) is 4.72 Å². The molecule has 0 saturated carbocycles. The maximum atomic E-state index is 10.9. The van der Waals surface area contributed by atoms with E-state index in [1.807, 2.05) is 13.8 Å². The third kappa shape index (κ3) is 4.36. The molecule has 1 unspecified atom stereocenters. The summed E-state index contributed by atoms with van der Waals surface area (Å²) in [4.78, 5) is 0. The highest BCUT2D eigenvalue weighted by Gasteiger charge is 2.09. The third-order valence-electron chi connectivity index (χ3n) is 0.703. The molecule has 0 fully saturated rings. The first-order valence-corrected chi connectivity index (χ1v) is 4.08. The van der Waals surface area contributed by atoms with Crippen LogP contribution in [0.5, 0.6) is 0 Å². The average Bonchev–Trinajstić information content (AvgIpc) is 1.63. The van der Waals surface area contributed by atoms with Crippen molar-refractivity contribution >= 4 is 11.4 Å². The Morgan fingerprint density at radius 2 is 2.11 bits per heavy atom. The van der Waals surface area contributed by atoms with Crippen LogP contribution < -0.4 is 4.72 Å². The standard InChI is InChI=1S/C6H13NOS/c1-5(2)7-9(8)6(3)4/h6-7H,1H2,2-4H3. The molecule has 0 aromatic rings. The van der Waals surface area contributed by atoms with E-state index in [0.717, 1.165) is 5.70 Å². The Bertz CT molecular complexity index is 103. The lowest BCUT2D eigenvalue weighted by molar-refractivity contribution is 0.579. The molecule has 1 atom stereocenters. The highest BCUT2D eigenvalue weighted by atomic mass is 32.2. The molecule has 9 heavy (non-hydrogen) atoms. The van der Waals surface area contributed by atoms with Crippen molar-refractivity contribution in [2.75, 3.05) is 0 Å². The van der Waals surface area contributed by atoms with Gasteiger partial charge >= 0.3 is 0 Å². The highest BCUT2D eigenvalue weighted by Crippen LogP contribution is 1.97. The van der Waals surface area contributed by atoms with E-state index < -0.39 is 11.4 Å². The summed E-state index contributed by atoms with van der Waals surface area (Å²) in [7, 11) is 0. The maximum Gasteiger partial charge on any atom is 0.135 e. The molecule has 0 rings (SSSR count). The molecule has 0 amide bonds. The fraction of sp³-hybridized carbons (Fsp3) is 0.667. The molecule has 0 saturated heterocycles. The van der Waals surface area contributed by atoms with Gasteiger partial charge in [-0.2, -0.15) is 0 Å². The second-order valence-electron chi connectivity index (χ2n) is 2.23. The number of hydrogen-bond acceptors (Lipinski definition) is 2. The maximum absolute atomic E-state index is 10.9. The van der Waals surface area contributed by atoms with Crippen molar-refractivity contribution in [3.63, 3.8) is 0 Å². The summed E-state index contributed by atoms with van der Waals surface area (Å²) in [5, 5.41) is 0.154. The molecule has 0 bridgehead atoms. The van der Waals surface area contributed by atoms with Crippen LogP contribution in [0.4, 0.5) is 0 Å². The predicted octanol–water partition coefficient (Wildman–Crippen LogP) is 1.18. The lowest BCUT2D eigenvalue weighted by Crippen LogP contribution is -2.28. The SMILES string of the molecule is C=C(C)N[S+]([O-])C(C)C. The minimum absolute atomic E-state index is 0.154. The first kappa shape index (κ1) is 8.85. The van der Waals surface area contributed by atoms with Crippen molar-refractivity contribution in [3.05, 3.63) is 12.3 Å². The lowest BCUT2D eigenvalue weighted by atomic mass is 10.6. The summed E-state index contributed by atoms with van der Waals surface area (Å²) in [6, 6.07) is 0. The third-order valence-corrected chi connectivity index (χ3v) is 2.11. The molecule has 0 aliphatic heterocycles. The molecule has 1 N–H and O–H groups in total. The van der Waals surface area contributed by atoms with E-state index in [1.165, 1.54) is 0 Å². The van der Waals surface area contributed by atoms with Crippen LogP contribution in [0.1, 0.15) is 20.8 Å². The summed E-state index contributed by atoms with van der Waals surface area (Å²) in [5.74, 6) is 0. The second kappa shape index (κ2) is 3.80. The quantitative estimate of drug-likeness (QED) is 0.608. The van der Waals surface area contributed by atoms with Crippen LogP contribution >= 0.6 is 0 Å². The van der Waals surface area contributed by atoms with E-state index in [0.29, 0.717) is 0 Å². The van der Waals surface area contributed by atoms with Crippen molar-refractivity contribution in [2.24, 2.45) is 0 Å². The van der Waals surface area contributed by atoms with E-state index in [9.17, 15) is 4.55 Å². The summed E-state index contributed by atoms with van der Waals surface area (Å²) in [6.07, 6.45) is 0. The Kier molecular flexibility index (Phi) is 3.73. The molecular formula is C6H13NOS. The summed E-state index contributed by atoms with van der Waals surface area (Å²) in [6.45, 7) is 9.16. The molecule has 0 aromatic carbocycles. The van der Waals surface area contributed by atoms with Crippen molar-refractivity contribution in [1.29, 1.82) is 0 Å².